The first-order valence-corrected chi connectivity index (χ1v) is 14.9. The summed E-state index contributed by atoms with van der Waals surface area (Å²) in [5, 5.41) is 9.29. The standard InChI is InChI=1S/C29H27N3O6S2/c33-24(11-6-20-4-2-1-3-5-20)23-14-15-29(16-28(34)32-35,40(36,37)31-17-23)27-13-12-26(39-27)22-9-7-21(8-10-22)25-18-30-19-38-25/h1-13,18-19,23,31,35H,14-17H2,(H,32,34). The summed E-state index contributed by atoms with van der Waals surface area (Å²) in [6.07, 6.45) is 5.91. The Morgan fingerprint density at radius 2 is 1.85 bits per heavy atom. The van der Waals surface area contributed by atoms with E-state index < -0.39 is 33.0 Å². The highest BCUT2D eigenvalue weighted by Crippen LogP contribution is 2.46. The first kappa shape index (κ1) is 27.7. The molecule has 0 saturated carbocycles. The second kappa shape index (κ2) is 11.7. The molecule has 11 heteroatoms. The summed E-state index contributed by atoms with van der Waals surface area (Å²) in [5.74, 6) is -0.999. The third kappa shape index (κ3) is 5.68. The van der Waals surface area contributed by atoms with Gasteiger partial charge in [-0.05, 0) is 42.2 Å². The van der Waals surface area contributed by atoms with Crippen LogP contribution >= 0.6 is 11.3 Å². The van der Waals surface area contributed by atoms with E-state index in [9.17, 15) is 23.2 Å². The molecule has 1 aliphatic heterocycles. The minimum Gasteiger partial charge on any atom is -0.444 e. The van der Waals surface area contributed by atoms with Crippen LogP contribution in [0.25, 0.3) is 27.8 Å². The molecule has 1 saturated heterocycles. The predicted molar refractivity (Wildman–Crippen MR) is 152 cm³/mol. The smallest absolute Gasteiger partial charge is 0.245 e. The van der Waals surface area contributed by atoms with Crippen LogP contribution in [0.4, 0.5) is 0 Å². The van der Waals surface area contributed by atoms with Crippen molar-refractivity contribution in [2.75, 3.05) is 6.54 Å². The van der Waals surface area contributed by atoms with Crippen molar-refractivity contribution in [3.8, 4) is 21.8 Å². The summed E-state index contributed by atoms with van der Waals surface area (Å²) in [4.78, 5) is 30.6. The van der Waals surface area contributed by atoms with E-state index in [-0.39, 0.29) is 25.2 Å². The SMILES string of the molecule is O=C(CC1(c2ccc(-c3ccc(-c4cnco4)cc3)s2)CCC(C(=O)C=Cc2ccccc2)CNS1(=O)=O)NO. The van der Waals surface area contributed by atoms with Gasteiger partial charge in [-0.25, -0.2) is 23.6 Å². The molecule has 0 aliphatic carbocycles. The van der Waals surface area contributed by atoms with Gasteiger partial charge >= 0.3 is 0 Å². The van der Waals surface area contributed by atoms with E-state index in [2.05, 4.69) is 9.71 Å². The van der Waals surface area contributed by atoms with Gasteiger partial charge in [0.05, 0.1) is 12.6 Å². The second-order valence-electron chi connectivity index (χ2n) is 9.55. The van der Waals surface area contributed by atoms with Gasteiger partial charge in [0, 0.05) is 27.8 Å². The van der Waals surface area contributed by atoms with Crippen molar-refractivity contribution in [1.29, 1.82) is 0 Å². The fourth-order valence-corrected chi connectivity index (χ4v) is 8.15. The molecular weight excluding hydrogens is 550 g/mol. The predicted octanol–water partition coefficient (Wildman–Crippen LogP) is 4.77. The maximum absolute atomic E-state index is 13.7. The number of aromatic nitrogens is 1. The first-order valence-electron chi connectivity index (χ1n) is 12.6. The van der Waals surface area contributed by atoms with Crippen LogP contribution < -0.4 is 10.2 Å². The number of hydroxylamine groups is 1. The van der Waals surface area contributed by atoms with Crippen molar-refractivity contribution in [3.05, 3.63) is 95.8 Å². The van der Waals surface area contributed by atoms with Crippen molar-refractivity contribution < 1.29 is 27.6 Å². The number of oxazole rings is 1. The van der Waals surface area contributed by atoms with Crippen LogP contribution in [0, 0.1) is 5.92 Å². The van der Waals surface area contributed by atoms with Crippen molar-refractivity contribution in [2.45, 2.75) is 24.0 Å². The average Bonchev–Trinajstić information content (AvgIpc) is 3.67. The van der Waals surface area contributed by atoms with Gasteiger partial charge in [0.1, 0.15) is 4.75 Å². The van der Waals surface area contributed by atoms with Crippen LogP contribution in [-0.4, -0.2) is 36.8 Å². The first-order chi connectivity index (χ1) is 19.3. The van der Waals surface area contributed by atoms with Crippen LogP contribution in [0.1, 0.15) is 29.7 Å². The molecule has 3 heterocycles. The van der Waals surface area contributed by atoms with E-state index in [1.165, 1.54) is 23.8 Å². The molecule has 0 bridgehead atoms. The molecule has 5 rings (SSSR count). The molecule has 1 fully saturated rings. The molecule has 1 aliphatic rings. The molecule has 1 amide bonds. The van der Waals surface area contributed by atoms with E-state index in [4.69, 9.17) is 4.42 Å². The highest BCUT2D eigenvalue weighted by Gasteiger charge is 2.50. The molecule has 2 aromatic heterocycles. The summed E-state index contributed by atoms with van der Waals surface area (Å²) in [6, 6.07) is 20.4. The van der Waals surface area contributed by atoms with E-state index in [1.54, 1.807) is 23.8 Å². The van der Waals surface area contributed by atoms with Gasteiger partial charge in [-0.1, -0.05) is 60.7 Å². The van der Waals surface area contributed by atoms with Crippen LogP contribution in [-0.2, 0) is 24.4 Å². The number of thiophene rings is 1. The number of carbonyl (C=O) groups excluding carboxylic acids is 2. The molecule has 0 radical (unpaired) electrons. The van der Waals surface area contributed by atoms with Gasteiger partial charge in [-0.3, -0.25) is 14.8 Å². The van der Waals surface area contributed by atoms with E-state index in [1.807, 2.05) is 60.7 Å². The Hall–Kier alpha value is -3.90. The van der Waals surface area contributed by atoms with Crippen molar-refractivity contribution >= 4 is 39.1 Å². The minimum atomic E-state index is -4.13. The Morgan fingerprint density at radius 1 is 1.10 bits per heavy atom. The fourth-order valence-electron chi connectivity index (χ4n) is 4.83. The topological polar surface area (TPSA) is 139 Å². The van der Waals surface area contributed by atoms with Crippen LogP contribution in [0.15, 0.2) is 89.8 Å². The average molecular weight is 578 g/mol. The lowest BCUT2D eigenvalue weighted by atomic mass is 9.89. The summed E-state index contributed by atoms with van der Waals surface area (Å²) in [6.45, 7) is -0.0792. The Bertz CT molecular complexity index is 1610. The number of hydrogen-bond donors (Lipinski definition) is 3. The lowest BCUT2D eigenvalue weighted by molar-refractivity contribution is -0.130. The number of ketones is 1. The number of sulfonamides is 1. The zero-order chi connectivity index (χ0) is 28.2. The largest absolute Gasteiger partial charge is 0.444 e. The van der Waals surface area contributed by atoms with Gasteiger partial charge < -0.3 is 4.42 Å². The number of nitrogens with one attached hydrogen (secondary N) is 2. The monoisotopic (exact) mass is 577 g/mol. The number of rotatable bonds is 8. The molecule has 206 valence electrons. The van der Waals surface area contributed by atoms with Gasteiger partial charge in [-0.2, -0.15) is 0 Å². The number of hydrogen-bond acceptors (Lipinski definition) is 8. The number of carbonyl (C=O) groups is 2. The highest BCUT2D eigenvalue weighted by atomic mass is 32.2. The molecule has 9 nitrogen and oxygen atoms in total. The molecule has 3 N–H and O–H groups in total. The second-order valence-corrected chi connectivity index (χ2v) is 12.7. The Balaban J connectivity index is 1.43. The third-order valence-corrected chi connectivity index (χ3v) is 10.7. The molecule has 2 atom stereocenters. The number of allylic oxidation sites excluding steroid dienone is 1. The molecule has 4 aromatic rings. The van der Waals surface area contributed by atoms with Crippen LogP contribution in [0.2, 0.25) is 0 Å². The zero-order valence-electron chi connectivity index (χ0n) is 21.3. The van der Waals surface area contributed by atoms with E-state index >= 15 is 0 Å². The highest BCUT2D eigenvalue weighted by molar-refractivity contribution is 7.90. The van der Waals surface area contributed by atoms with Gasteiger partial charge in [0.15, 0.2) is 17.9 Å². The molecule has 2 aromatic carbocycles. The fraction of sp³-hybridized carbons (Fsp3) is 0.207. The van der Waals surface area contributed by atoms with Gasteiger partial charge in [0.25, 0.3) is 0 Å². The normalized spacial score (nSPS) is 20.7. The number of benzene rings is 2. The minimum absolute atomic E-state index is 0.0235. The Labute approximate surface area is 235 Å². The maximum Gasteiger partial charge on any atom is 0.245 e. The quantitative estimate of drug-likeness (QED) is 0.156. The lowest BCUT2D eigenvalue weighted by Crippen LogP contribution is -2.45. The Morgan fingerprint density at radius 3 is 2.55 bits per heavy atom. The van der Waals surface area contributed by atoms with Crippen molar-refractivity contribution in [2.24, 2.45) is 5.92 Å². The lowest BCUT2D eigenvalue weighted by Gasteiger charge is -2.30. The number of nitrogens with zero attached hydrogens (tertiary/aromatic N) is 1. The van der Waals surface area contributed by atoms with E-state index in [0.29, 0.717) is 10.6 Å². The van der Waals surface area contributed by atoms with Gasteiger partial charge in [0.2, 0.25) is 15.9 Å². The molecule has 2 unspecified atom stereocenters. The summed E-state index contributed by atoms with van der Waals surface area (Å²) < 4.78 is 33.7. The van der Waals surface area contributed by atoms with Crippen molar-refractivity contribution in [3.63, 3.8) is 0 Å². The summed E-state index contributed by atoms with van der Waals surface area (Å²) in [5.41, 5.74) is 4.15. The third-order valence-electron chi connectivity index (χ3n) is 7.08. The maximum atomic E-state index is 13.7. The molecule has 0 spiro atoms. The Kier molecular flexibility index (Phi) is 8.08. The van der Waals surface area contributed by atoms with Crippen LogP contribution in [0.3, 0.4) is 0 Å². The molecular formula is C29H27N3O6S2. The van der Waals surface area contributed by atoms with Crippen molar-refractivity contribution in [1.82, 2.24) is 15.2 Å². The summed E-state index contributed by atoms with van der Waals surface area (Å²) >= 11 is 1.26. The van der Waals surface area contributed by atoms with Gasteiger partial charge in [-0.15, -0.1) is 11.3 Å². The van der Waals surface area contributed by atoms with E-state index in [0.717, 1.165) is 21.6 Å². The summed E-state index contributed by atoms with van der Waals surface area (Å²) in [7, 11) is -4.13. The zero-order valence-corrected chi connectivity index (χ0v) is 23.0. The van der Waals surface area contributed by atoms with Crippen LogP contribution in [0.5, 0.6) is 0 Å². The number of amides is 1. The molecule has 40 heavy (non-hydrogen) atoms.